The molecule has 8 rings (SSSR count). The summed E-state index contributed by atoms with van der Waals surface area (Å²) in [7, 11) is 0. The number of aryl methyl sites for hydroxylation is 1. The van der Waals surface area contributed by atoms with Gasteiger partial charge in [0, 0.05) is 58.3 Å². The van der Waals surface area contributed by atoms with Crippen molar-refractivity contribution in [3.05, 3.63) is 131 Å². The van der Waals surface area contributed by atoms with Crippen molar-refractivity contribution in [1.82, 2.24) is 19.9 Å². The zero-order chi connectivity index (χ0) is 45.1. The van der Waals surface area contributed by atoms with Crippen LogP contribution < -0.4 is 0 Å². The standard InChI is InChI=1S/C37H40N3O2.C15H15FN.Ir/c1-19(2)23-15-26(20(3)4)32(27(16-23)21(5)6)36-40-33-29(41-36)14-13-25-31-22(7)11-12-24(34(31)42-35(25)33)28-17-30(37(8,9)10)39-18-38-28;1-15(2,3)12-8-9-17-14(10-12)11-4-6-13(16)7-5-11;/h11,13-21H,1-10H3;4,6-10H,1-3H3;/q2*-1;/i7D3;;. The van der Waals surface area contributed by atoms with Crippen LogP contribution in [0.3, 0.4) is 0 Å². The summed E-state index contributed by atoms with van der Waals surface area (Å²) in [5.74, 6) is 1.15. The maximum atomic E-state index is 12.8. The first kappa shape index (κ1) is 40.4. The van der Waals surface area contributed by atoms with Crippen molar-refractivity contribution in [2.24, 2.45) is 0 Å². The van der Waals surface area contributed by atoms with Crippen LogP contribution in [0.1, 0.15) is 138 Å². The monoisotopic (exact) mass is 982 g/mol. The van der Waals surface area contributed by atoms with Crippen LogP contribution in [0.4, 0.5) is 4.39 Å². The van der Waals surface area contributed by atoms with Crippen LogP contribution in [0.25, 0.3) is 67.0 Å². The quantitative estimate of drug-likeness (QED) is 0.155. The van der Waals surface area contributed by atoms with Gasteiger partial charge in [-0.05, 0) is 75.0 Å². The Labute approximate surface area is 372 Å². The summed E-state index contributed by atoms with van der Waals surface area (Å²) in [5, 5.41) is 1.17. The van der Waals surface area contributed by atoms with Crippen molar-refractivity contribution >= 4 is 33.0 Å². The zero-order valence-corrected chi connectivity index (χ0v) is 38.9. The van der Waals surface area contributed by atoms with E-state index in [0.29, 0.717) is 56.1 Å². The first-order valence-electron chi connectivity index (χ1n) is 21.9. The van der Waals surface area contributed by atoms with E-state index in [-0.39, 0.29) is 54.2 Å². The second kappa shape index (κ2) is 17.1. The molecule has 0 saturated carbocycles. The molecule has 6 nitrogen and oxygen atoms in total. The van der Waals surface area contributed by atoms with E-state index in [9.17, 15) is 4.39 Å². The number of oxazole rings is 1. The molecular weight excluding hydrogens is 924 g/mol. The molecule has 8 heteroatoms. The van der Waals surface area contributed by atoms with Crippen LogP contribution in [0, 0.1) is 24.8 Å². The fraction of sp³-hybridized carbons (Fsp3) is 0.346. The van der Waals surface area contributed by atoms with Gasteiger partial charge in [-0.1, -0.05) is 125 Å². The van der Waals surface area contributed by atoms with Crippen molar-refractivity contribution in [3.8, 4) is 34.0 Å². The summed E-state index contributed by atoms with van der Waals surface area (Å²) in [6.07, 6.45) is 3.31. The number of fused-ring (bicyclic) bond motifs is 5. The average molecular weight is 982 g/mol. The van der Waals surface area contributed by atoms with E-state index in [2.05, 4.69) is 122 Å². The Morgan fingerprint density at radius 3 is 2.03 bits per heavy atom. The summed E-state index contributed by atoms with van der Waals surface area (Å²) in [5.41, 5.74) is 11.6. The molecule has 0 spiro atoms. The van der Waals surface area contributed by atoms with Gasteiger partial charge in [-0.25, -0.2) is 9.97 Å². The Morgan fingerprint density at radius 2 is 1.43 bits per heavy atom. The van der Waals surface area contributed by atoms with Gasteiger partial charge < -0.3 is 13.8 Å². The Hall–Kier alpha value is -5.04. The molecule has 0 aliphatic rings. The smallest absolute Gasteiger partial charge is 0.228 e. The normalized spacial score (nSPS) is 13.1. The van der Waals surface area contributed by atoms with Crippen molar-refractivity contribution in [3.63, 3.8) is 0 Å². The van der Waals surface area contributed by atoms with Gasteiger partial charge in [-0.15, -0.1) is 47.5 Å². The Bertz CT molecular complexity index is 2890. The fourth-order valence-corrected chi connectivity index (χ4v) is 7.28. The third-order valence-electron chi connectivity index (χ3n) is 10.8. The molecule has 1 radical (unpaired) electrons. The van der Waals surface area contributed by atoms with Gasteiger partial charge in [0.2, 0.25) is 5.89 Å². The van der Waals surface area contributed by atoms with Crippen LogP contribution in [0.15, 0.2) is 88.1 Å². The third-order valence-corrected chi connectivity index (χ3v) is 10.8. The molecule has 0 amide bonds. The van der Waals surface area contributed by atoms with Crippen molar-refractivity contribution in [2.75, 3.05) is 0 Å². The van der Waals surface area contributed by atoms with Crippen molar-refractivity contribution in [1.29, 1.82) is 0 Å². The number of nitrogens with zero attached hydrogens (tertiary/aromatic N) is 4. The second-order valence-corrected chi connectivity index (χ2v) is 18.4. The predicted octanol–water partition coefficient (Wildman–Crippen LogP) is 14.6. The molecule has 0 bridgehead atoms. The average Bonchev–Trinajstić information content (AvgIpc) is 3.82. The van der Waals surface area contributed by atoms with Crippen molar-refractivity contribution < 1.29 is 37.4 Å². The van der Waals surface area contributed by atoms with Crippen LogP contribution >= 0.6 is 0 Å². The van der Waals surface area contributed by atoms with E-state index < -0.39 is 6.85 Å². The molecule has 0 aliphatic heterocycles. The molecule has 60 heavy (non-hydrogen) atoms. The maximum Gasteiger partial charge on any atom is 0.228 e. The number of halogens is 1. The molecule has 4 heterocycles. The number of benzene rings is 4. The van der Waals surface area contributed by atoms with Gasteiger partial charge in [-0.3, -0.25) is 9.37 Å². The van der Waals surface area contributed by atoms with Crippen LogP contribution in [-0.4, -0.2) is 19.9 Å². The van der Waals surface area contributed by atoms with Gasteiger partial charge in [0.25, 0.3) is 0 Å². The molecular formula is C52H55FIrN4O2-2. The minimum Gasteiger partial charge on any atom is -0.498 e. The van der Waals surface area contributed by atoms with E-state index in [1.165, 1.54) is 46.8 Å². The van der Waals surface area contributed by atoms with Gasteiger partial charge in [0.1, 0.15) is 6.33 Å². The Kier molecular flexibility index (Phi) is 11.5. The summed E-state index contributed by atoms with van der Waals surface area (Å²) in [4.78, 5) is 18.4. The van der Waals surface area contributed by atoms with E-state index >= 15 is 0 Å². The van der Waals surface area contributed by atoms with E-state index in [1.807, 2.05) is 30.3 Å². The summed E-state index contributed by atoms with van der Waals surface area (Å²) >= 11 is 0. The first-order chi connectivity index (χ1) is 29.0. The van der Waals surface area contributed by atoms with Gasteiger partial charge in [0.15, 0.2) is 16.7 Å². The third kappa shape index (κ3) is 8.87. The number of aromatic nitrogens is 4. The zero-order valence-electron chi connectivity index (χ0n) is 39.6. The molecule has 8 aromatic rings. The van der Waals surface area contributed by atoms with Gasteiger partial charge in [0.05, 0.1) is 5.58 Å². The van der Waals surface area contributed by atoms with Crippen LogP contribution in [-0.2, 0) is 30.9 Å². The van der Waals surface area contributed by atoms with Gasteiger partial charge >= 0.3 is 0 Å². The number of furan rings is 1. The number of hydrogen-bond donors (Lipinski definition) is 0. The number of pyridine rings is 1. The molecule has 0 aliphatic carbocycles. The number of hydrogen-bond acceptors (Lipinski definition) is 6. The summed E-state index contributed by atoms with van der Waals surface area (Å²) in [6, 6.07) is 26.3. The topological polar surface area (TPSA) is 77.8 Å². The first-order valence-corrected chi connectivity index (χ1v) is 20.4. The van der Waals surface area contributed by atoms with Crippen LogP contribution in [0.2, 0.25) is 0 Å². The molecule has 0 fully saturated rings. The molecule has 313 valence electrons. The van der Waals surface area contributed by atoms with Crippen LogP contribution in [0.5, 0.6) is 0 Å². The largest absolute Gasteiger partial charge is 0.498 e. The second-order valence-electron chi connectivity index (χ2n) is 18.4. The minimum absolute atomic E-state index is 0. The van der Waals surface area contributed by atoms with Gasteiger partial charge in [-0.2, -0.15) is 0 Å². The Balaban J connectivity index is 0.000000308. The molecule has 0 saturated heterocycles. The molecule has 0 unspecified atom stereocenters. The maximum absolute atomic E-state index is 12.8. The summed E-state index contributed by atoms with van der Waals surface area (Å²) in [6.45, 7) is 23.5. The van der Waals surface area contributed by atoms with E-state index in [0.717, 1.165) is 22.5 Å². The summed E-state index contributed by atoms with van der Waals surface area (Å²) < 4.78 is 50.9. The number of rotatable bonds is 6. The van der Waals surface area contributed by atoms with Crippen molar-refractivity contribution in [2.45, 2.75) is 119 Å². The Morgan fingerprint density at radius 1 is 0.717 bits per heavy atom. The molecule has 0 N–H and O–H groups in total. The van der Waals surface area contributed by atoms with E-state index in [1.54, 1.807) is 12.3 Å². The molecule has 4 aromatic heterocycles. The SMILES string of the molecule is CC(C)(C)c1ccnc(-c2[c-]cc(F)cc2)c1.[2H]C([2H])([2H])c1c[c-]c(-c2cc(C(C)(C)C)ncn2)c2oc3c(ccc4oc(-c5c(C(C)C)cc(C(C)C)cc5C(C)C)nc43)c12.[Ir]. The molecule has 0 atom stereocenters. The molecule has 4 aromatic carbocycles. The fourth-order valence-electron chi connectivity index (χ4n) is 7.28. The predicted molar refractivity (Wildman–Crippen MR) is 239 cm³/mol. The van der Waals surface area contributed by atoms with E-state index in [4.69, 9.17) is 17.9 Å². The minimum atomic E-state index is -2.38.